The van der Waals surface area contributed by atoms with E-state index in [0.717, 1.165) is 5.57 Å². The van der Waals surface area contributed by atoms with Gasteiger partial charge < -0.3 is 10.5 Å². The number of hydrogen-bond acceptors (Lipinski definition) is 2. The van der Waals surface area contributed by atoms with Gasteiger partial charge in [0.2, 0.25) is 0 Å². The summed E-state index contributed by atoms with van der Waals surface area (Å²) in [4.78, 5) is 0. The van der Waals surface area contributed by atoms with E-state index < -0.39 is 0 Å². The predicted molar refractivity (Wildman–Crippen MR) is 54.6 cm³/mol. The molecule has 2 nitrogen and oxygen atoms in total. The molecule has 70 valence electrons. The lowest BCUT2D eigenvalue weighted by Crippen LogP contribution is -2.02. The van der Waals surface area contributed by atoms with Gasteiger partial charge in [-0.25, -0.2) is 0 Å². The van der Waals surface area contributed by atoms with Gasteiger partial charge in [0.1, 0.15) is 5.76 Å². The molecule has 2 heteroatoms. The number of allylic oxidation sites excluding steroid dienone is 4. The molecule has 1 aliphatic rings. The molecule has 0 saturated heterocycles. The molecule has 0 radical (unpaired) electrons. The minimum atomic E-state index is 0.340. The molecule has 0 amide bonds. The summed E-state index contributed by atoms with van der Waals surface area (Å²) in [6, 6.07) is 0. The Morgan fingerprint density at radius 1 is 1.54 bits per heavy atom. The van der Waals surface area contributed by atoms with Gasteiger partial charge in [-0.1, -0.05) is 25.2 Å². The van der Waals surface area contributed by atoms with E-state index in [1.165, 1.54) is 6.26 Å². The van der Waals surface area contributed by atoms with Crippen LogP contribution in [0, 0.1) is 5.92 Å². The first-order valence-corrected chi connectivity index (χ1v) is 4.29. The molecule has 2 N–H and O–H groups in total. The second-order valence-corrected chi connectivity index (χ2v) is 3.18. The molecule has 1 unspecified atom stereocenters. The first kappa shape index (κ1) is 9.65. The Balaban J connectivity index is 2.97. The van der Waals surface area contributed by atoms with Gasteiger partial charge in [-0.05, 0) is 25.0 Å². The van der Waals surface area contributed by atoms with Crippen LogP contribution < -0.4 is 5.73 Å². The van der Waals surface area contributed by atoms with Crippen molar-refractivity contribution in [3.63, 3.8) is 0 Å². The van der Waals surface area contributed by atoms with Crippen molar-refractivity contribution < 1.29 is 4.74 Å². The van der Waals surface area contributed by atoms with Crippen LogP contribution in [-0.4, -0.2) is 0 Å². The predicted octanol–water partition coefficient (Wildman–Crippen LogP) is 2.47. The summed E-state index contributed by atoms with van der Waals surface area (Å²) in [5, 5.41) is 0. The summed E-state index contributed by atoms with van der Waals surface area (Å²) in [6.07, 6.45) is 7.40. The summed E-state index contributed by atoms with van der Waals surface area (Å²) in [5.74, 6) is 1.03. The van der Waals surface area contributed by atoms with Crippen LogP contribution in [0.15, 0.2) is 48.1 Å². The smallest absolute Gasteiger partial charge is 0.145 e. The average Bonchev–Trinajstić information content (AvgIpc) is 2.12. The molecule has 1 atom stereocenters. The topological polar surface area (TPSA) is 35.2 Å². The molecule has 1 aliphatic carbocycles. The first-order valence-electron chi connectivity index (χ1n) is 4.29. The summed E-state index contributed by atoms with van der Waals surface area (Å²) in [6.45, 7) is 7.61. The number of ether oxygens (including phenoxy) is 1. The maximum Gasteiger partial charge on any atom is 0.145 e. The minimum Gasteiger partial charge on any atom is -0.464 e. The summed E-state index contributed by atoms with van der Waals surface area (Å²) < 4.78 is 5.19. The summed E-state index contributed by atoms with van der Waals surface area (Å²) in [7, 11) is 0. The van der Waals surface area contributed by atoms with Gasteiger partial charge >= 0.3 is 0 Å². The van der Waals surface area contributed by atoms with E-state index in [9.17, 15) is 0 Å². The van der Waals surface area contributed by atoms with Gasteiger partial charge in [-0.15, -0.1) is 0 Å². The minimum absolute atomic E-state index is 0.340. The normalized spacial score (nSPS) is 22.3. The first-order chi connectivity index (χ1) is 6.13. The summed E-state index contributed by atoms with van der Waals surface area (Å²) >= 11 is 0. The van der Waals surface area contributed by atoms with Gasteiger partial charge in [0.05, 0.1) is 12.0 Å². The molecule has 0 aromatic rings. The van der Waals surface area contributed by atoms with E-state index >= 15 is 0 Å². The highest BCUT2D eigenvalue weighted by Crippen LogP contribution is 2.19. The van der Waals surface area contributed by atoms with E-state index in [1.54, 1.807) is 0 Å². The lowest BCUT2D eigenvalue weighted by atomic mass is 10.1. The molecule has 13 heavy (non-hydrogen) atoms. The zero-order valence-electron chi connectivity index (χ0n) is 8.08. The van der Waals surface area contributed by atoms with Crippen molar-refractivity contribution in [3.8, 4) is 0 Å². The zero-order valence-corrected chi connectivity index (χ0v) is 8.08. The molecule has 0 saturated carbocycles. The van der Waals surface area contributed by atoms with Gasteiger partial charge in [0.25, 0.3) is 0 Å². The van der Waals surface area contributed by atoms with Crippen LogP contribution in [0.3, 0.4) is 0 Å². The Labute approximate surface area is 79.1 Å². The fourth-order valence-electron chi connectivity index (χ4n) is 1.36. The van der Waals surface area contributed by atoms with E-state index in [-0.39, 0.29) is 0 Å². The quantitative estimate of drug-likeness (QED) is 0.657. The molecule has 0 spiro atoms. The van der Waals surface area contributed by atoms with Crippen LogP contribution >= 0.6 is 0 Å². The molecule has 0 aliphatic heterocycles. The third-order valence-corrected chi connectivity index (χ3v) is 1.82. The van der Waals surface area contributed by atoms with Gasteiger partial charge in [0, 0.05) is 0 Å². The lowest BCUT2D eigenvalue weighted by molar-refractivity contribution is 0.358. The fourth-order valence-corrected chi connectivity index (χ4v) is 1.36. The maximum atomic E-state index is 5.80. The fraction of sp³-hybridized carbons (Fsp3) is 0.273. The van der Waals surface area contributed by atoms with Crippen molar-refractivity contribution in [2.75, 3.05) is 0 Å². The molecule has 0 bridgehead atoms. The third-order valence-electron chi connectivity index (χ3n) is 1.82. The molecule has 0 aromatic heterocycles. The Kier molecular flexibility index (Phi) is 2.96. The number of rotatable bonds is 2. The van der Waals surface area contributed by atoms with Crippen molar-refractivity contribution in [2.24, 2.45) is 11.7 Å². The second-order valence-electron chi connectivity index (χ2n) is 3.18. The van der Waals surface area contributed by atoms with E-state index in [4.69, 9.17) is 10.5 Å². The number of hydrogen-bond donors (Lipinski definition) is 1. The van der Waals surface area contributed by atoms with Crippen molar-refractivity contribution in [1.29, 1.82) is 0 Å². The highest BCUT2D eigenvalue weighted by molar-refractivity contribution is 5.35. The molecule has 0 heterocycles. The van der Waals surface area contributed by atoms with Crippen LogP contribution in [0.25, 0.3) is 0 Å². The summed E-state index contributed by atoms with van der Waals surface area (Å²) in [5.41, 5.74) is 7.60. The van der Waals surface area contributed by atoms with Gasteiger partial charge in [0.15, 0.2) is 0 Å². The van der Waals surface area contributed by atoms with E-state index in [0.29, 0.717) is 17.4 Å². The molecule has 1 rings (SSSR count). The van der Waals surface area contributed by atoms with E-state index in [1.807, 2.05) is 19.1 Å². The highest BCUT2D eigenvalue weighted by atomic mass is 16.5. The van der Waals surface area contributed by atoms with Crippen LogP contribution in [-0.2, 0) is 4.74 Å². The van der Waals surface area contributed by atoms with Gasteiger partial charge in [-0.3, -0.25) is 0 Å². The van der Waals surface area contributed by atoms with Crippen LogP contribution in [0.4, 0.5) is 0 Å². The maximum absolute atomic E-state index is 5.80. The van der Waals surface area contributed by atoms with Crippen molar-refractivity contribution >= 4 is 0 Å². The molecule has 0 aromatic carbocycles. The SMILES string of the molecule is C=COC1=CC(C)C=C(C)C=C1N. The molecular weight excluding hydrogens is 162 g/mol. The van der Waals surface area contributed by atoms with E-state index in [2.05, 4.69) is 19.6 Å². The Hall–Kier alpha value is -1.44. The Morgan fingerprint density at radius 2 is 2.23 bits per heavy atom. The standard InChI is InChI=1S/C11H15NO/c1-4-13-11-7-9(3)5-8(2)6-10(11)12/h4-7,9H,1,12H2,2-3H3. The lowest BCUT2D eigenvalue weighted by Gasteiger charge is -2.05. The second kappa shape index (κ2) is 3.99. The molecule has 0 fully saturated rings. The molecular formula is C11H15NO. The average molecular weight is 177 g/mol. The largest absolute Gasteiger partial charge is 0.464 e. The van der Waals surface area contributed by atoms with Crippen LogP contribution in [0.5, 0.6) is 0 Å². The third kappa shape index (κ3) is 2.51. The van der Waals surface area contributed by atoms with Crippen molar-refractivity contribution in [1.82, 2.24) is 0 Å². The zero-order chi connectivity index (χ0) is 9.84. The highest BCUT2D eigenvalue weighted by Gasteiger charge is 2.07. The van der Waals surface area contributed by atoms with Crippen LogP contribution in [0.1, 0.15) is 13.8 Å². The Bertz CT molecular complexity index is 297. The monoisotopic (exact) mass is 177 g/mol. The van der Waals surface area contributed by atoms with Crippen molar-refractivity contribution in [2.45, 2.75) is 13.8 Å². The number of nitrogens with two attached hydrogens (primary N) is 1. The Morgan fingerprint density at radius 3 is 2.85 bits per heavy atom. The van der Waals surface area contributed by atoms with Crippen LogP contribution in [0.2, 0.25) is 0 Å². The van der Waals surface area contributed by atoms with Crippen molar-refractivity contribution in [3.05, 3.63) is 48.1 Å². The van der Waals surface area contributed by atoms with Gasteiger partial charge in [-0.2, -0.15) is 0 Å².